The number of hydrogen-bond acceptors (Lipinski definition) is 4. The maximum absolute atomic E-state index is 5.51. The highest BCUT2D eigenvalue weighted by Gasteiger charge is 2.10. The van der Waals surface area contributed by atoms with E-state index in [0.29, 0.717) is 25.8 Å². The Bertz CT molecular complexity index is 347. The van der Waals surface area contributed by atoms with E-state index in [1.807, 2.05) is 26.0 Å². The van der Waals surface area contributed by atoms with Crippen molar-refractivity contribution < 1.29 is 14.2 Å². The summed E-state index contributed by atoms with van der Waals surface area (Å²) in [7, 11) is 1.68. The second-order valence-corrected chi connectivity index (χ2v) is 4.70. The highest BCUT2D eigenvalue weighted by molar-refractivity contribution is 5.27. The van der Waals surface area contributed by atoms with Gasteiger partial charge < -0.3 is 19.5 Å². The number of benzene rings is 1. The van der Waals surface area contributed by atoms with Gasteiger partial charge in [0, 0.05) is 25.8 Å². The maximum atomic E-state index is 5.51. The van der Waals surface area contributed by atoms with Crippen molar-refractivity contribution in [1.29, 1.82) is 0 Å². The van der Waals surface area contributed by atoms with E-state index in [4.69, 9.17) is 14.2 Å². The lowest BCUT2D eigenvalue weighted by molar-refractivity contribution is -0.133. The van der Waals surface area contributed by atoms with E-state index >= 15 is 0 Å². The van der Waals surface area contributed by atoms with Crippen molar-refractivity contribution in [3.05, 3.63) is 29.8 Å². The molecule has 0 aliphatic rings. The van der Waals surface area contributed by atoms with Gasteiger partial charge in [-0.25, -0.2) is 0 Å². The van der Waals surface area contributed by atoms with Crippen LogP contribution in [-0.2, 0) is 15.9 Å². The third-order valence-electron chi connectivity index (χ3n) is 3.04. The molecule has 0 aliphatic heterocycles. The molecule has 1 rings (SSSR count). The zero-order valence-electron chi connectivity index (χ0n) is 13.0. The van der Waals surface area contributed by atoms with Crippen molar-refractivity contribution in [1.82, 2.24) is 5.32 Å². The molecule has 0 bridgehead atoms. The summed E-state index contributed by atoms with van der Waals surface area (Å²) < 4.78 is 16.2. The van der Waals surface area contributed by atoms with Crippen LogP contribution in [0.15, 0.2) is 24.3 Å². The number of rotatable bonds is 10. The van der Waals surface area contributed by atoms with Crippen molar-refractivity contribution >= 4 is 0 Å². The molecule has 0 heterocycles. The first kappa shape index (κ1) is 17.0. The third-order valence-corrected chi connectivity index (χ3v) is 3.04. The summed E-state index contributed by atoms with van der Waals surface area (Å²) >= 11 is 0. The average Bonchev–Trinajstić information content (AvgIpc) is 2.46. The molecule has 0 saturated carbocycles. The van der Waals surface area contributed by atoms with Crippen molar-refractivity contribution in [3.63, 3.8) is 0 Å². The van der Waals surface area contributed by atoms with Crippen LogP contribution in [0.3, 0.4) is 0 Å². The van der Waals surface area contributed by atoms with Gasteiger partial charge in [-0.2, -0.15) is 0 Å². The van der Waals surface area contributed by atoms with Crippen molar-refractivity contribution in [3.8, 4) is 5.75 Å². The highest BCUT2D eigenvalue weighted by Crippen LogP contribution is 2.12. The molecule has 0 aliphatic carbocycles. The molecule has 0 radical (unpaired) electrons. The largest absolute Gasteiger partial charge is 0.497 e. The van der Waals surface area contributed by atoms with E-state index in [0.717, 1.165) is 12.2 Å². The Labute approximate surface area is 122 Å². The fourth-order valence-electron chi connectivity index (χ4n) is 2.02. The summed E-state index contributed by atoms with van der Waals surface area (Å²) in [5.74, 6) is 0.891. The van der Waals surface area contributed by atoms with E-state index in [9.17, 15) is 0 Å². The van der Waals surface area contributed by atoms with Crippen LogP contribution in [0.2, 0.25) is 0 Å². The van der Waals surface area contributed by atoms with Crippen LogP contribution in [0, 0.1) is 0 Å². The molecule has 4 heteroatoms. The lowest BCUT2D eigenvalue weighted by atomic mass is 10.1. The zero-order valence-corrected chi connectivity index (χ0v) is 13.0. The van der Waals surface area contributed by atoms with E-state index in [-0.39, 0.29) is 6.29 Å². The van der Waals surface area contributed by atoms with Gasteiger partial charge in [0.05, 0.1) is 7.11 Å². The molecular weight excluding hydrogens is 254 g/mol. The minimum Gasteiger partial charge on any atom is -0.497 e. The predicted octanol–water partition coefficient (Wildman–Crippen LogP) is 2.61. The fraction of sp³-hybridized carbons (Fsp3) is 0.625. The number of ether oxygens (including phenoxy) is 3. The van der Waals surface area contributed by atoms with Crippen LogP contribution < -0.4 is 10.1 Å². The van der Waals surface area contributed by atoms with E-state index in [2.05, 4.69) is 24.4 Å². The summed E-state index contributed by atoms with van der Waals surface area (Å²) in [6.45, 7) is 8.16. The first-order valence-corrected chi connectivity index (χ1v) is 7.29. The Morgan fingerprint density at radius 3 is 2.15 bits per heavy atom. The molecule has 1 aromatic carbocycles. The van der Waals surface area contributed by atoms with Crippen LogP contribution in [0.5, 0.6) is 5.75 Å². The van der Waals surface area contributed by atoms with Crippen LogP contribution in [0.1, 0.15) is 26.3 Å². The normalized spacial score (nSPS) is 12.7. The number of methoxy groups -OCH3 is 1. The van der Waals surface area contributed by atoms with Crippen molar-refractivity contribution in [2.45, 2.75) is 39.5 Å². The molecule has 0 fully saturated rings. The van der Waals surface area contributed by atoms with Crippen LogP contribution in [0.25, 0.3) is 0 Å². The SMILES string of the molecule is CCOC(CNC(C)Cc1ccc(OC)cc1)OCC. The van der Waals surface area contributed by atoms with Crippen LogP contribution in [0.4, 0.5) is 0 Å². The minimum absolute atomic E-state index is 0.164. The molecule has 1 aromatic rings. The molecule has 1 unspecified atom stereocenters. The maximum Gasteiger partial charge on any atom is 0.169 e. The molecule has 114 valence electrons. The van der Waals surface area contributed by atoms with E-state index < -0.39 is 0 Å². The summed E-state index contributed by atoms with van der Waals surface area (Å²) in [5, 5.41) is 3.45. The molecule has 1 N–H and O–H groups in total. The van der Waals surface area contributed by atoms with Gasteiger partial charge in [-0.05, 0) is 44.9 Å². The summed E-state index contributed by atoms with van der Waals surface area (Å²) in [6, 6.07) is 8.54. The average molecular weight is 281 g/mol. The van der Waals surface area contributed by atoms with E-state index in [1.165, 1.54) is 5.56 Å². The van der Waals surface area contributed by atoms with Crippen molar-refractivity contribution in [2.75, 3.05) is 26.9 Å². The lowest BCUT2D eigenvalue weighted by Crippen LogP contribution is -2.37. The molecule has 1 atom stereocenters. The predicted molar refractivity (Wildman–Crippen MR) is 81.2 cm³/mol. The second-order valence-electron chi connectivity index (χ2n) is 4.70. The minimum atomic E-state index is -0.164. The van der Waals surface area contributed by atoms with Gasteiger partial charge in [0.25, 0.3) is 0 Å². The molecule has 0 saturated heterocycles. The Hall–Kier alpha value is -1.10. The molecule has 4 nitrogen and oxygen atoms in total. The van der Waals surface area contributed by atoms with Crippen molar-refractivity contribution in [2.24, 2.45) is 0 Å². The fourth-order valence-corrected chi connectivity index (χ4v) is 2.02. The lowest BCUT2D eigenvalue weighted by Gasteiger charge is -2.20. The number of nitrogens with one attached hydrogen (secondary N) is 1. The van der Waals surface area contributed by atoms with Gasteiger partial charge >= 0.3 is 0 Å². The van der Waals surface area contributed by atoms with Gasteiger partial charge in [-0.15, -0.1) is 0 Å². The summed E-state index contributed by atoms with van der Waals surface area (Å²) in [4.78, 5) is 0. The Morgan fingerprint density at radius 1 is 1.05 bits per heavy atom. The monoisotopic (exact) mass is 281 g/mol. The van der Waals surface area contributed by atoms with Crippen LogP contribution in [-0.4, -0.2) is 39.2 Å². The van der Waals surface area contributed by atoms with Gasteiger partial charge in [-0.3, -0.25) is 0 Å². The van der Waals surface area contributed by atoms with Gasteiger partial charge in [-0.1, -0.05) is 12.1 Å². The third kappa shape index (κ3) is 6.37. The van der Waals surface area contributed by atoms with Gasteiger partial charge in [0.15, 0.2) is 6.29 Å². The molecular formula is C16H27NO3. The molecule has 0 spiro atoms. The smallest absolute Gasteiger partial charge is 0.169 e. The molecule has 0 amide bonds. The zero-order chi connectivity index (χ0) is 14.8. The standard InChI is InChI=1S/C16H27NO3/c1-5-19-16(20-6-2)12-17-13(3)11-14-7-9-15(18-4)10-8-14/h7-10,13,16-17H,5-6,11-12H2,1-4H3. The topological polar surface area (TPSA) is 39.7 Å². The Kier molecular flexibility index (Phi) is 8.26. The van der Waals surface area contributed by atoms with Gasteiger partial charge in [0.2, 0.25) is 0 Å². The summed E-state index contributed by atoms with van der Waals surface area (Å²) in [6.07, 6.45) is 0.804. The van der Waals surface area contributed by atoms with E-state index in [1.54, 1.807) is 7.11 Å². The first-order chi connectivity index (χ1) is 9.69. The highest BCUT2D eigenvalue weighted by atomic mass is 16.7. The van der Waals surface area contributed by atoms with Crippen LogP contribution >= 0.6 is 0 Å². The Morgan fingerprint density at radius 2 is 1.65 bits per heavy atom. The second kappa shape index (κ2) is 9.75. The summed E-state index contributed by atoms with van der Waals surface area (Å²) in [5.41, 5.74) is 1.29. The van der Waals surface area contributed by atoms with Gasteiger partial charge in [0.1, 0.15) is 5.75 Å². The first-order valence-electron chi connectivity index (χ1n) is 7.29. The Balaban J connectivity index is 2.35. The molecule has 20 heavy (non-hydrogen) atoms. The number of hydrogen-bond donors (Lipinski definition) is 1. The molecule has 0 aromatic heterocycles. The quantitative estimate of drug-likeness (QED) is 0.669.